The summed E-state index contributed by atoms with van der Waals surface area (Å²) in [6.07, 6.45) is -7.42. The molecule has 15 N–H and O–H groups in total. The summed E-state index contributed by atoms with van der Waals surface area (Å²) >= 11 is 14.4. The molecule has 0 aliphatic rings. The summed E-state index contributed by atoms with van der Waals surface area (Å²) in [6.45, 7) is -9.58. The lowest BCUT2D eigenvalue weighted by Gasteiger charge is -2.31. The minimum Gasteiger partial charge on any atom is -0.396 e. The number of aromatic nitrogens is 3. The zero-order valence-corrected chi connectivity index (χ0v) is 76.5. The van der Waals surface area contributed by atoms with Crippen LogP contribution in [-0.4, -0.2) is 291 Å². The average Bonchev–Trinajstić information content (AvgIpc) is 0.751. The highest BCUT2D eigenvalue weighted by Gasteiger charge is 2.40. The van der Waals surface area contributed by atoms with E-state index in [2.05, 4.69) is 0 Å². The molecule has 4 aromatic rings. The highest BCUT2D eigenvalue weighted by Crippen LogP contribution is 2.43. The molecule has 3 aromatic carbocycles. The zero-order chi connectivity index (χ0) is 82.0. The number of carbonyl (C=O) groups excluding carboxylic acids is 9. The number of nitrogens with zero attached hydrogens (tertiary/aromatic N) is 12. The number of hydrogen-bond acceptors (Lipinski definition) is 27. The van der Waals surface area contributed by atoms with Gasteiger partial charge in [0, 0.05) is 71.1 Å². The highest BCUT2D eigenvalue weighted by atomic mass is 127. The third-order valence-corrected chi connectivity index (χ3v) is 25.0. The Bertz CT molecular complexity index is 3610. The van der Waals surface area contributed by atoms with E-state index >= 15 is 14.4 Å². The molecule has 3 atom stereocenters. The minimum atomic E-state index is -2.18. The smallest absolute Gasteiger partial charge is 0.336 e. The topological polar surface area (TPSA) is 552 Å². The maximum atomic E-state index is 15.1. The van der Waals surface area contributed by atoms with Gasteiger partial charge in [0.25, 0.3) is 35.4 Å². The SMILES string of the molecule is CC(=O)N(CC(O)Cn1c(=O)n(CC(O)CN(C(C)=O)c2c(I)c(C(=O)N(O)CCCO)c(I)c(C(=O)N(O)CCCO)c2I)c(=O)n(CC(O)CN(C(C)=O)c2c(I)c(C(=O)N(O)CCCO)c(I)c(C(=O)N(O)CCCO)c2I)c1=O)c1c(I)c(C(=O)N(O)CCCO)c(I)c(C(=O)N(O)CCCO)c1I. The maximum absolute atomic E-state index is 15.1. The van der Waals surface area contributed by atoms with Crippen molar-refractivity contribution in [1.82, 2.24) is 44.1 Å². The molecule has 0 bridgehead atoms. The number of aliphatic hydroxyl groups excluding tert-OH is 9. The van der Waals surface area contributed by atoms with Gasteiger partial charge in [0.1, 0.15) is 0 Å². The number of benzene rings is 3. The number of carbonyl (C=O) groups is 9. The molecule has 9 amide bonds. The van der Waals surface area contributed by atoms with Crippen molar-refractivity contribution in [3.05, 3.63) is 97.0 Å². The number of aliphatic hydroxyl groups is 9. The number of anilines is 3. The van der Waals surface area contributed by atoms with Gasteiger partial charge < -0.3 is 60.7 Å². The fourth-order valence-electron chi connectivity index (χ4n) is 10.2. The van der Waals surface area contributed by atoms with Gasteiger partial charge in [0.05, 0.1) is 169 Å². The molecule has 3 unspecified atom stereocenters. The molecule has 0 saturated carbocycles. The Hall–Kier alpha value is -2.73. The molecule has 600 valence electrons. The number of rotatable bonds is 39. The fourth-order valence-corrected chi connectivity index (χ4v) is 24.2. The van der Waals surface area contributed by atoms with Crippen LogP contribution < -0.4 is 31.8 Å². The van der Waals surface area contributed by atoms with Gasteiger partial charge in [-0.15, -0.1) is 0 Å². The van der Waals surface area contributed by atoms with Crippen LogP contribution in [0.4, 0.5) is 17.1 Å². The second-order valence-electron chi connectivity index (χ2n) is 23.2. The Labute approximate surface area is 736 Å². The summed E-state index contributed by atoms with van der Waals surface area (Å²) in [6, 6.07) is 0. The normalized spacial score (nSPS) is 12.1. The van der Waals surface area contributed by atoms with E-state index < -0.39 is 240 Å². The Morgan fingerprint density at radius 1 is 0.296 bits per heavy atom. The van der Waals surface area contributed by atoms with E-state index in [1.54, 1.807) is 203 Å². The summed E-state index contributed by atoms with van der Waals surface area (Å²) in [4.78, 5) is 175. The van der Waals surface area contributed by atoms with Gasteiger partial charge in [-0.1, -0.05) is 0 Å². The van der Waals surface area contributed by atoms with E-state index in [9.17, 15) is 120 Å². The van der Waals surface area contributed by atoms with Gasteiger partial charge in [-0.05, 0) is 242 Å². The van der Waals surface area contributed by atoms with Crippen LogP contribution in [0.2, 0.25) is 0 Å². The van der Waals surface area contributed by atoms with Crippen molar-refractivity contribution in [3.8, 4) is 0 Å². The van der Waals surface area contributed by atoms with Crippen LogP contribution in [0.3, 0.4) is 0 Å². The van der Waals surface area contributed by atoms with Gasteiger partial charge in [0.2, 0.25) is 17.7 Å². The molecule has 4 rings (SSSR count). The van der Waals surface area contributed by atoms with Gasteiger partial charge >= 0.3 is 17.1 Å². The second-order valence-corrected chi connectivity index (χ2v) is 32.9. The first-order valence-electron chi connectivity index (χ1n) is 31.8. The van der Waals surface area contributed by atoms with E-state index in [1.807, 2.05) is 0 Å². The van der Waals surface area contributed by atoms with E-state index in [1.165, 1.54) is 0 Å². The van der Waals surface area contributed by atoms with Gasteiger partial charge in [0.15, 0.2) is 0 Å². The Kier molecular flexibility index (Phi) is 41.2. The van der Waals surface area contributed by atoms with E-state index in [0.717, 1.165) is 35.5 Å². The first-order valence-corrected chi connectivity index (χ1v) is 41.5. The lowest BCUT2D eigenvalue weighted by atomic mass is 10.1. The summed E-state index contributed by atoms with van der Waals surface area (Å²) in [5, 5.41) is 161. The van der Waals surface area contributed by atoms with Crippen LogP contribution in [0.25, 0.3) is 0 Å². The summed E-state index contributed by atoms with van der Waals surface area (Å²) in [5.41, 5.74) is -8.63. The monoisotopic (exact) mass is 2540 g/mol. The summed E-state index contributed by atoms with van der Waals surface area (Å²) < 4.78 is -0.957. The fraction of sp³-hybridized carbons (Fsp3) is 0.500. The number of hydrogen-bond donors (Lipinski definition) is 15. The molecule has 0 aliphatic carbocycles. The van der Waals surface area contributed by atoms with Crippen LogP contribution in [0.15, 0.2) is 14.4 Å². The molecule has 108 heavy (non-hydrogen) atoms. The van der Waals surface area contributed by atoms with Crippen LogP contribution in [0.5, 0.6) is 0 Å². The quantitative estimate of drug-likeness (QED) is 0.0169. The summed E-state index contributed by atoms with van der Waals surface area (Å²) in [7, 11) is 0. The Morgan fingerprint density at radius 2 is 0.444 bits per heavy atom. The molecule has 48 heteroatoms. The third kappa shape index (κ3) is 23.7. The first-order chi connectivity index (χ1) is 50.6. The van der Waals surface area contributed by atoms with Crippen molar-refractivity contribution in [2.45, 2.75) is 97.2 Å². The number of halogens is 9. The highest BCUT2D eigenvalue weighted by molar-refractivity contribution is 14.1. The Morgan fingerprint density at radius 3 is 0.574 bits per heavy atom. The molecule has 39 nitrogen and oxygen atoms in total. The van der Waals surface area contributed by atoms with E-state index in [0.29, 0.717) is 0 Å². The molecule has 1 aromatic heterocycles. The predicted octanol–water partition coefficient (Wildman–Crippen LogP) is 1.14. The van der Waals surface area contributed by atoms with Crippen molar-refractivity contribution in [2.75, 3.05) is 113 Å². The molecular formula is C60H75I9N12O27. The molecule has 0 aliphatic heterocycles. The van der Waals surface area contributed by atoms with E-state index in [4.69, 9.17) is 0 Å². The maximum Gasteiger partial charge on any atom is 0.336 e. The van der Waals surface area contributed by atoms with Crippen molar-refractivity contribution in [1.29, 1.82) is 0 Å². The predicted molar refractivity (Wildman–Crippen MR) is 452 cm³/mol. The van der Waals surface area contributed by atoms with Crippen molar-refractivity contribution in [2.24, 2.45) is 0 Å². The standard InChI is InChI=1S/C60H75I9N12O27/c1-28(88)70(49-43(64)34(52(94)76(103)10-4-16-82)40(61)35(44(49)65)53(95)77(104)11-5-17-83)22-31(91)25-73-58(100)74(26-32(92)23-71(29(2)89)50-45(66)36(54(96)78(105)12-6-18-84)41(62)37(46(50)67)55(97)79(106)13-7-19-85)60(102)75(59(73)101)27-33(93)24-72(30(3)90)51-47(68)38(56(98)80(107)14-8-20-86)42(63)39(48(51)69)57(99)81(108)15-9-21-87/h31-33,82-87,91-93,103-108H,4-27H2,1-3H3. The zero-order valence-electron chi connectivity index (χ0n) is 57.1. The van der Waals surface area contributed by atoms with Crippen LogP contribution in [0.1, 0.15) is 121 Å². The van der Waals surface area contributed by atoms with Gasteiger partial charge in [-0.25, -0.2) is 58.5 Å². The van der Waals surface area contributed by atoms with Crippen LogP contribution >= 0.6 is 203 Å². The van der Waals surface area contributed by atoms with E-state index in [-0.39, 0.29) is 132 Å². The van der Waals surface area contributed by atoms with Gasteiger partial charge in [-0.2, -0.15) is 0 Å². The minimum absolute atomic E-state index is 0.147. The van der Waals surface area contributed by atoms with Crippen molar-refractivity contribution >= 4 is 274 Å². The number of hydroxylamine groups is 12. The molecule has 0 saturated heterocycles. The lowest BCUT2D eigenvalue weighted by molar-refractivity contribution is -0.117. The second kappa shape index (κ2) is 45.5. The molecule has 1 heterocycles. The van der Waals surface area contributed by atoms with Crippen LogP contribution in [0, 0.1) is 32.1 Å². The third-order valence-electron chi connectivity index (χ3n) is 15.4. The van der Waals surface area contributed by atoms with Crippen LogP contribution in [-0.2, 0) is 34.0 Å². The largest absolute Gasteiger partial charge is 0.396 e. The molecular weight excluding hydrogens is 2460 g/mol. The Balaban J connectivity index is 2.13. The van der Waals surface area contributed by atoms with Gasteiger partial charge in [-0.3, -0.25) is 74.4 Å². The first kappa shape index (κ1) is 97.6. The lowest BCUT2D eigenvalue weighted by Crippen LogP contribution is -2.58. The molecule has 0 spiro atoms. The molecule has 0 radical (unpaired) electrons. The average molecular weight is 2540 g/mol. The summed E-state index contributed by atoms with van der Waals surface area (Å²) in [5.74, 6) is -10.0. The van der Waals surface area contributed by atoms with Crippen molar-refractivity contribution in [3.63, 3.8) is 0 Å². The number of amides is 9. The molecule has 0 fully saturated rings. The van der Waals surface area contributed by atoms with Crippen molar-refractivity contribution < 1.29 is 120 Å².